The number of rotatable bonds is 14. The Morgan fingerprint density at radius 2 is 1.50 bits per heavy atom. The van der Waals surface area contributed by atoms with Gasteiger partial charge in [-0.25, -0.2) is 4.79 Å². The zero-order valence-electron chi connectivity index (χ0n) is 14.8. The molecule has 0 saturated carbocycles. The first-order valence-corrected chi connectivity index (χ1v) is 8.96. The van der Waals surface area contributed by atoms with E-state index in [4.69, 9.17) is 5.26 Å². The first-order chi connectivity index (χ1) is 11.7. The van der Waals surface area contributed by atoms with Gasteiger partial charge in [0.2, 0.25) is 0 Å². The quantitative estimate of drug-likeness (QED) is 0.101. The third kappa shape index (κ3) is 16.6. The Labute approximate surface area is 146 Å². The second-order valence-corrected chi connectivity index (χ2v) is 5.77. The summed E-state index contributed by atoms with van der Waals surface area (Å²) in [6.45, 7) is 2.24. The third-order valence-corrected chi connectivity index (χ3v) is 3.58. The molecule has 0 saturated heterocycles. The van der Waals surface area contributed by atoms with Gasteiger partial charge in [0.1, 0.15) is 5.76 Å². The molecule has 0 aromatic rings. The molecule has 0 aromatic carbocycles. The van der Waals surface area contributed by atoms with Crippen LogP contribution in [0.25, 0.3) is 0 Å². The summed E-state index contributed by atoms with van der Waals surface area (Å²) in [7, 11) is 0. The van der Waals surface area contributed by atoms with E-state index < -0.39 is 5.97 Å². The monoisotopic (exact) mass is 336 g/mol. The molecule has 0 aliphatic carbocycles. The van der Waals surface area contributed by atoms with Crippen molar-refractivity contribution in [3.63, 3.8) is 0 Å². The Bertz CT molecular complexity index is 419. The van der Waals surface area contributed by atoms with E-state index in [1.807, 2.05) is 6.08 Å². The van der Waals surface area contributed by atoms with Crippen molar-refractivity contribution in [2.24, 2.45) is 0 Å². The first-order valence-electron chi connectivity index (χ1n) is 8.96. The molecule has 0 radical (unpaired) electrons. The van der Waals surface area contributed by atoms with Crippen molar-refractivity contribution < 1.29 is 20.0 Å². The lowest BCUT2D eigenvalue weighted by atomic mass is 10.1. The summed E-state index contributed by atoms with van der Waals surface area (Å²) in [5, 5.41) is 17.5. The molecular formula is C20H32O4. The van der Waals surface area contributed by atoms with Crippen LogP contribution in [0.4, 0.5) is 0 Å². The van der Waals surface area contributed by atoms with Gasteiger partial charge >= 0.3 is 5.97 Å². The predicted octanol–water partition coefficient (Wildman–Crippen LogP) is 6.03. The summed E-state index contributed by atoms with van der Waals surface area (Å²) in [4.78, 5) is 14.0. The third-order valence-electron chi connectivity index (χ3n) is 3.58. The minimum atomic E-state index is -0.885. The van der Waals surface area contributed by atoms with Crippen molar-refractivity contribution in [1.29, 1.82) is 0 Å². The topological polar surface area (TPSA) is 66.8 Å². The highest BCUT2D eigenvalue weighted by atomic mass is 17.1. The molecule has 0 atom stereocenters. The maximum Gasteiger partial charge on any atom is 0.365 e. The van der Waals surface area contributed by atoms with Gasteiger partial charge in [0, 0.05) is 6.08 Å². The second kappa shape index (κ2) is 17.5. The van der Waals surface area contributed by atoms with Gasteiger partial charge in [0.05, 0.1) is 0 Å². The fourth-order valence-corrected chi connectivity index (χ4v) is 2.21. The standard InChI is InChI=1S/C20H32O4/c1-2-3-4-5-6-7-8-9-10-11-12-13-14-16-19(21)17-15-18-20(22)24-23/h12-18,21,23H,2-11H2,1H3. The summed E-state index contributed by atoms with van der Waals surface area (Å²) in [5.74, 6) is -0.867. The Morgan fingerprint density at radius 3 is 2.12 bits per heavy atom. The van der Waals surface area contributed by atoms with Crippen LogP contribution >= 0.6 is 0 Å². The molecule has 0 spiro atoms. The van der Waals surface area contributed by atoms with E-state index in [0.717, 1.165) is 12.5 Å². The highest BCUT2D eigenvalue weighted by Gasteiger charge is 1.91. The number of unbranched alkanes of at least 4 members (excludes halogenated alkanes) is 9. The van der Waals surface area contributed by atoms with E-state index in [1.165, 1.54) is 76.0 Å². The minimum absolute atomic E-state index is 0.0183. The lowest BCUT2D eigenvalue weighted by Crippen LogP contribution is -1.93. The molecule has 4 nitrogen and oxygen atoms in total. The lowest BCUT2D eigenvalue weighted by Gasteiger charge is -2.00. The summed E-state index contributed by atoms with van der Waals surface area (Å²) in [5.41, 5.74) is 0. The Kier molecular flexibility index (Phi) is 16.2. The Balaban J connectivity index is 3.59. The van der Waals surface area contributed by atoms with E-state index in [-0.39, 0.29) is 5.76 Å². The largest absolute Gasteiger partial charge is 0.508 e. The maximum atomic E-state index is 10.6. The van der Waals surface area contributed by atoms with Crippen LogP contribution in [0.3, 0.4) is 0 Å². The molecule has 0 aliphatic heterocycles. The Morgan fingerprint density at radius 1 is 0.875 bits per heavy atom. The van der Waals surface area contributed by atoms with Gasteiger partial charge in [0.15, 0.2) is 0 Å². The smallest absolute Gasteiger partial charge is 0.365 e. The van der Waals surface area contributed by atoms with E-state index in [1.54, 1.807) is 6.08 Å². The van der Waals surface area contributed by atoms with Crippen LogP contribution in [0.5, 0.6) is 0 Å². The molecule has 0 aliphatic rings. The van der Waals surface area contributed by atoms with E-state index in [0.29, 0.717) is 0 Å². The summed E-state index contributed by atoms with van der Waals surface area (Å²) in [6.07, 6.45) is 23.9. The number of hydrogen-bond acceptors (Lipinski definition) is 4. The number of allylic oxidation sites excluding steroid dienone is 6. The number of carbonyl (C=O) groups is 1. The average Bonchev–Trinajstić information content (AvgIpc) is 2.58. The number of aliphatic hydroxyl groups excluding tert-OH is 1. The normalized spacial score (nSPS) is 12.7. The van der Waals surface area contributed by atoms with Crippen LogP contribution in [0.15, 0.2) is 48.3 Å². The SMILES string of the molecule is CCCCCCCCCCCC=CC=CC(O)=CC=CC(=O)OO. The molecule has 4 heteroatoms. The zero-order valence-corrected chi connectivity index (χ0v) is 14.8. The molecular weight excluding hydrogens is 304 g/mol. The minimum Gasteiger partial charge on any atom is -0.508 e. The maximum absolute atomic E-state index is 10.6. The van der Waals surface area contributed by atoms with E-state index in [9.17, 15) is 9.90 Å². The molecule has 0 unspecified atom stereocenters. The van der Waals surface area contributed by atoms with Crippen molar-refractivity contribution in [2.75, 3.05) is 0 Å². The van der Waals surface area contributed by atoms with Gasteiger partial charge in [-0.15, -0.1) is 0 Å². The van der Waals surface area contributed by atoms with Gasteiger partial charge in [-0.1, -0.05) is 82.6 Å². The number of hydrogen-bond donors (Lipinski definition) is 2. The highest BCUT2D eigenvalue weighted by Crippen LogP contribution is 2.10. The Hall–Kier alpha value is -1.81. The van der Waals surface area contributed by atoms with Crippen molar-refractivity contribution in [2.45, 2.75) is 71.1 Å². The molecule has 0 aromatic heterocycles. The molecule has 24 heavy (non-hydrogen) atoms. The van der Waals surface area contributed by atoms with E-state index >= 15 is 0 Å². The van der Waals surface area contributed by atoms with E-state index in [2.05, 4.69) is 17.9 Å². The van der Waals surface area contributed by atoms with Gasteiger partial charge in [-0.2, -0.15) is 5.26 Å². The van der Waals surface area contributed by atoms with Crippen molar-refractivity contribution in [3.8, 4) is 0 Å². The van der Waals surface area contributed by atoms with Gasteiger partial charge < -0.3 is 5.11 Å². The van der Waals surface area contributed by atoms with Crippen molar-refractivity contribution in [1.82, 2.24) is 0 Å². The second-order valence-electron chi connectivity index (χ2n) is 5.77. The predicted molar refractivity (Wildman–Crippen MR) is 98.7 cm³/mol. The van der Waals surface area contributed by atoms with Crippen LogP contribution in [0.2, 0.25) is 0 Å². The van der Waals surface area contributed by atoms with Crippen LogP contribution < -0.4 is 0 Å². The molecule has 0 amide bonds. The first kappa shape index (κ1) is 22.2. The van der Waals surface area contributed by atoms with Gasteiger partial charge in [-0.3, -0.25) is 4.89 Å². The summed E-state index contributed by atoms with van der Waals surface area (Å²) >= 11 is 0. The highest BCUT2D eigenvalue weighted by molar-refractivity contribution is 5.81. The fourth-order valence-electron chi connectivity index (χ4n) is 2.21. The molecule has 0 fully saturated rings. The zero-order chi connectivity index (χ0) is 17.9. The lowest BCUT2D eigenvalue weighted by molar-refractivity contribution is -0.228. The van der Waals surface area contributed by atoms with Crippen molar-refractivity contribution in [3.05, 3.63) is 48.3 Å². The number of aliphatic hydroxyl groups is 1. The van der Waals surface area contributed by atoms with Crippen molar-refractivity contribution >= 4 is 5.97 Å². The van der Waals surface area contributed by atoms with Crippen LogP contribution in [0.1, 0.15) is 71.1 Å². The van der Waals surface area contributed by atoms with Crippen LogP contribution in [-0.4, -0.2) is 16.3 Å². The summed E-state index contributed by atoms with van der Waals surface area (Å²) in [6, 6.07) is 0. The van der Waals surface area contributed by atoms with Gasteiger partial charge in [-0.05, 0) is 25.0 Å². The molecule has 2 N–H and O–H groups in total. The van der Waals surface area contributed by atoms with Gasteiger partial charge in [0.25, 0.3) is 0 Å². The molecule has 0 rings (SSSR count). The van der Waals surface area contributed by atoms with Crippen LogP contribution in [0, 0.1) is 0 Å². The summed E-state index contributed by atoms with van der Waals surface area (Å²) < 4.78 is 0. The fraction of sp³-hybridized carbons (Fsp3) is 0.550. The molecule has 0 heterocycles. The molecule has 0 bridgehead atoms. The molecule has 136 valence electrons. The van der Waals surface area contributed by atoms with Crippen LogP contribution in [-0.2, 0) is 9.68 Å². The number of carbonyl (C=O) groups excluding carboxylic acids is 1. The average molecular weight is 336 g/mol.